The number of nitrogens with two attached hydrogens (primary N) is 1. The van der Waals surface area contributed by atoms with Crippen LogP contribution in [0.3, 0.4) is 0 Å². The van der Waals surface area contributed by atoms with Crippen molar-refractivity contribution >= 4 is 64.0 Å². The van der Waals surface area contributed by atoms with E-state index in [-0.39, 0.29) is 94.9 Å². The first-order chi connectivity index (χ1) is 29.0. The van der Waals surface area contributed by atoms with Crippen LogP contribution < -0.4 is 47.9 Å². The van der Waals surface area contributed by atoms with E-state index in [0.29, 0.717) is 23.0 Å². The van der Waals surface area contributed by atoms with Crippen LogP contribution in [0.5, 0.6) is 23.3 Å². The van der Waals surface area contributed by atoms with E-state index in [1.807, 2.05) is 13.8 Å². The average molecular weight is 914 g/mol. The van der Waals surface area contributed by atoms with E-state index in [0.717, 1.165) is 35.4 Å². The lowest BCUT2D eigenvalue weighted by molar-refractivity contribution is 0.248. The van der Waals surface area contributed by atoms with Crippen molar-refractivity contribution in [3.8, 4) is 28.9 Å². The zero-order valence-electron chi connectivity index (χ0n) is 32.6. The van der Waals surface area contributed by atoms with Crippen molar-refractivity contribution in [1.29, 1.82) is 0 Å². The summed E-state index contributed by atoms with van der Waals surface area (Å²) in [5, 5.41) is 24.6. The summed E-state index contributed by atoms with van der Waals surface area (Å²) in [5.41, 5.74) is 5.95. The molecule has 1 aliphatic heterocycles. The van der Waals surface area contributed by atoms with Crippen LogP contribution in [0.2, 0.25) is 20.1 Å². The number of urea groups is 1. The summed E-state index contributed by atoms with van der Waals surface area (Å²) in [4.78, 5) is 62.3. The van der Waals surface area contributed by atoms with Gasteiger partial charge in [-0.1, -0.05) is 73.3 Å². The third-order valence-electron chi connectivity index (χ3n) is 10.6. The van der Waals surface area contributed by atoms with Crippen molar-refractivity contribution in [2.45, 2.75) is 64.7 Å². The van der Waals surface area contributed by atoms with Crippen molar-refractivity contribution in [1.82, 2.24) is 40.5 Å². The van der Waals surface area contributed by atoms with Gasteiger partial charge in [0.1, 0.15) is 5.69 Å². The lowest BCUT2D eigenvalue weighted by Crippen LogP contribution is -2.45. The number of nitrogens with zero attached hydrogens (tertiary/aromatic N) is 6. The maximum Gasteiger partial charge on any atom is 0.349 e. The fourth-order valence-electron chi connectivity index (χ4n) is 6.66. The number of hydrazone groups is 1. The predicted octanol–water partition coefficient (Wildman–Crippen LogP) is 7.01. The first kappa shape index (κ1) is 43.1. The Bertz CT molecular complexity index is 2800. The molecular weight excluding hydrogens is 876 g/mol. The smallest absolute Gasteiger partial charge is 0.349 e. The third kappa shape index (κ3) is 9.36. The van der Waals surface area contributed by atoms with Gasteiger partial charge in [0.25, 0.3) is 16.7 Å². The minimum atomic E-state index is -0.728. The van der Waals surface area contributed by atoms with Gasteiger partial charge < -0.3 is 20.5 Å². The van der Waals surface area contributed by atoms with Crippen LogP contribution in [0.4, 0.5) is 10.5 Å². The summed E-state index contributed by atoms with van der Waals surface area (Å²) >= 11 is 25.4. The summed E-state index contributed by atoms with van der Waals surface area (Å²) in [6, 6.07) is 8.39. The van der Waals surface area contributed by atoms with E-state index < -0.39 is 17.3 Å². The number of aromatic amines is 3. The molecule has 22 heteroatoms. The topological polar surface area (TPSA) is 248 Å². The Kier molecular flexibility index (Phi) is 12.4. The van der Waals surface area contributed by atoms with Gasteiger partial charge in [-0.25, -0.2) is 19.8 Å². The van der Waals surface area contributed by atoms with Crippen molar-refractivity contribution in [3.63, 3.8) is 0 Å². The zero-order chi connectivity index (χ0) is 43.9. The van der Waals surface area contributed by atoms with Gasteiger partial charge in [-0.05, 0) is 80.5 Å². The largest absolute Gasteiger partial charge is 0.434 e. The van der Waals surface area contributed by atoms with Crippen molar-refractivity contribution in [2.24, 2.45) is 22.7 Å². The fraction of sp³-hybridized carbons (Fsp3) is 0.308. The Morgan fingerprint density at radius 1 is 0.738 bits per heavy atom. The third-order valence-corrected chi connectivity index (χ3v) is 11.7. The van der Waals surface area contributed by atoms with Crippen LogP contribution in [0.15, 0.2) is 73.0 Å². The molecule has 0 spiro atoms. The van der Waals surface area contributed by atoms with Crippen LogP contribution in [0, 0.1) is 18.8 Å². The second kappa shape index (κ2) is 17.6. The number of rotatable bonds is 10. The molecule has 4 heterocycles. The van der Waals surface area contributed by atoms with Gasteiger partial charge in [0.15, 0.2) is 17.3 Å². The summed E-state index contributed by atoms with van der Waals surface area (Å²) in [5.74, 6) is 1.74. The lowest BCUT2D eigenvalue weighted by Gasteiger charge is -2.31. The fourth-order valence-corrected chi connectivity index (χ4v) is 7.77. The number of hydrogen-bond acceptors (Lipinski definition) is 12. The van der Waals surface area contributed by atoms with Gasteiger partial charge in [-0.2, -0.15) is 14.8 Å². The van der Waals surface area contributed by atoms with Gasteiger partial charge in [0.05, 0.1) is 37.2 Å². The van der Waals surface area contributed by atoms with Crippen molar-refractivity contribution < 1.29 is 14.3 Å². The molecule has 0 bridgehead atoms. The maximum absolute atomic E-state index is 12.2. The second-order valence-electron chi connectivity index (χ2n) is 14.7. The Labute approximate surface area is 365 Å². The van der Waals surface area contributed by atoms with E-state index in [1.165, 1.54) is 37.6 Å². The Morgan fingerprint density at radius 3 is 1.67 bits per heavy atom. The van der Waals surface area contributed by atoms with Crippen LogP contribution >= 0.6 is 46.4 Å². The Hall–Kier alpha value is -5.95. The Morgan fingerprint density at radius 2 is 1.21 bits per heavy atom. The molecule has 0 saturated heterocycles. The molecule has 61 heavy (non-hydrogen) atoms. The summed E-state index contributed by atoms with van der Waals surface area (Å²) in [6.07, 6.45) is 5.56. The number of anilines is 1. The molecule has 2 fully saturated rings. The standard InChI is InChI=1S/C20H19Cl2N5O4.C19H18Cl2N6O3/c1-9(11-4-3-5-11)13-8-16(24-25-19(13)29)31-17-14(21)6-12(7-15(17)22)27-20(30)23-18(28)10(2)26-27;1-8(10-3-4-10)12-7-15(24-25-18(12)28)30-16-13(20)5-11(6-14(16)21)27-19(29)23-9(2)17(22)26-27/h6-9,11H,3-5H2,1-2H3,(H,25,29)(H,23,28,30);5-8,10H,2-4H2,1H3,(H2,22,26)(H,23,29)(H,25,28)/t9-;/m0./s1. The number of amides is 2. The highest BCUT2D eigenvalue weighted by Crippen LogP contribution is 2.44. The molecule has 2 atom stereocenters. The molecule has 3 aliphatic rings. The Balaban J connectivity index is 0.000000184. The number of aromatic nitrogens is 7. The number of carbonyl (C=O) groups is 1. The highest BCUT2D eigenvalue weighted by atomic mass is 35.5. The first-order valence-corrected chi connectivity index (χ1v) is 20.4. The van der Waals surface area contributed by atoms with Crippen molar-refractivity contribution in [2.75, 3.05) is 5.01 Å². The number of nitrogens with one attached hydrogen (secondary N) is 4. The van der Waals surface area contributed by atoms with Gasteiger partial charge >= 0.3 is 11.7 Å². The maximum atomic E-state index is 12.2. The molecule has 6 N–H and O–H groups in total. The number of benzene rings is 2. The van der Waals surface area contributed by atoms with Gasteiger partial charge in [0.2, 0.25) is 11.8 Å². The van der Waals surface area contributed by atoms with E-state index in [4.69, 9.17) is 61.6 Å². The first-order valence-electron chi connectivity index (χ1n) is 18.9. The van der Waals surface area contributed by atoms with Crippen molar-refractivity contribution in [3.05, 3.63) is 127 Å². The lowest BCUT2D eigenvalue weighted by atomic mass is 9.74. The molecule has 3 aromatic heterocycles. The number of aryl methyl sites for hydroxylation is 1. The normalized spacial score (nSPS) is 16.1. The monoisotopic (exact) mass is 911 g/mol. The highest BCUT2D eigenvalue weighted by Gasteiger charge is 2.32. The molecule has 318 valence electrons. The predicted molar refractivity (Wildman–Crippen MR) is 230 cm³/mol. The second-order valence-corrected chi connectivity index (χ2v) is 16.4. The zero-order valence-corrected chi connectivity index (χ0v) is 35.7. The highest BCUT2D eigenvalue weighted by molar-refractivity contribution is 6.38. The average Bonchev–Trinajstić information content (AvgIpc) is 4.04. The molecule has 2 aromatic carbocycles. The molecule has 8 rings (SSSR count). The molecule has 2 amide bonds. The SMILES string of the molecule is C=C1NC(=O)N(c2cc(Cl)c(Oc3cc(C(C)C4CC4)c(=O)[nH]n3)c(Cl)c2)N=C1N.Cc1nn(-c2cc(Cl)c(Oc3cc([C@@H](C)C4CCC4)c(=O)[nH]n3)c(Cl)c2)c(=O)[nH]c1=O. The number of H-pyrrole nitrogens is 3. The molecule has 2 aliphatic carbocycles. The molecule has 5 aromatic rings. The molecule has 0 radical (unpaired) electrons. The summed E-state index contributed by atoms with van der Waals surface area (Å²) in [7, 11) is 0. The summed E-state index contributed by atoms with van der Waals surface area (Å²) < 4.78 is 12.5. The van der Waals surface area contributed by atoms with Gasteiger partial charge in [-0.15, -0.1) is 15.3 Å². The van der Waals surface area contributed by atoms with E-state index in [2.05, 4.69) is 47.5 Å². The van der Waals surface area contributed by atoms with Crippen LogP contribution in [0.25, 0.3) is 5.69 Å². The molecule has 2 saturated carbocycles. The van der Waals surface area contributed by atoms with Gasteiger partial charge in [-0.3, -0.25) is 19.4 Å². The van der Waals surface area contributed by atoms with E-state index in [1.54, 1.807) is 12.1 Å². The summed E-state index contributed by atoms with van der Waals surface area (Å²) in [6.45, 7) is 9.09. The minimum Gasteiger partial charge on any atom is -0.434 e. The van der Waals surface area contributed by atoms with Crippen LogP contribution in [-0.4, -0.2) is 47.0 Å². The van der Waals surface area contributed by atoms with E-state index >= 15 is 0 Å². The number of carbonyl (C=O) groups excluding carboxylic acids is 1. The van der Waals surface area contributed by atoms with Crippen LogP contribution in [-0.2, 0) is 0 Å². The molecule has 18 nitrogen and oxygen atoms in total. The van der Waals surface area contributed by atoms with Crippen LogP contribution in [0.1, 0.15) is 74.6 Å². The number of halogens is 4. The number of amidine groups is 1. The van der Waals surface area contributed by atoms with Gasteiger partial charge in [0, 0.05) is 23.3 Å². The quantitative estimate of drug-likeness (QED) is 0.0953. The number of ether oxygens (including phenoxy) is 2. The number of hydrogen-bond donors (Lipinski definition) is 5. The molecular formula is C39H37Cl4N11O7. The van der Waals surface area contributed by atoms with E-state index in [9.17, 15) is 24.0 Å². The molecule has 1 unspecified atom stereocenters. The minimum absolute atomic E-state index is 0.0527.